The van der Waals surface area contributed by atoms with Gasteiger partial charge in [0.05, 0.1) is 6.04 Å². The van der Waals surface area contributed by atoms with E-state index in [-0.39, 0.29) is 0 Å². The van der Waals surface area contributed by atoms with Gasteiger partial charge in [-0.05, 0) is 31.3 Å². The van der Waals surface area contributed by atoms with Gasteiger partial charge in [-0.15, -0.1) is 0 Å². The summed E-state index contributed by atoms with van der Waals surface area (Å²) >= 11 is 6.03. The van der Waals surface area contributed by atoms with E-state index in [2.05, 4.69) is 5.32 Å². The summed E-state index contributed by atoms with van der Waals surface area (Å²) in [4.78, 5) is 11.8. The van der Waals surface area contributed by atoms with E-state index in [1.54, 1.807) is 25.2 Å². The Labute approximate surface area is 127 Å². The van der Waals surface area contributed by atoms with Crippen LogP contribution in [0, 0.1) is 0 Å². The Morgan fingerprint density at radius 3 is 2.62 bits per heavy atom. The molecule has 1 aliphatic heterocycles. The highest BCUT2D eigenvalue weighted by Crippen LogP contribution is 2.45. The molecule has 21 heavy (non-hydrogen) atoms. The summed E-state index contributed by atoms with van der Waals surface area (Å²) in [6, 6.07) is 12.1. The van der Waals surface area contributed by atoms with Gasteiger partial charge in [-0.1, -0.05) is 29.8 Å². The van der Waals surface area contributed by atoms with Gasteiger partial charge >= 0.3 is 5.97 Å². The van der Waals surface area contributed by atoms with Crippen LogP contribution in [-0.4, -0.2) is 18.1 Å². The Morgan fingerprint density at radius 2 is 1.90 bits per heavy atom. The first-order valence-electron chi connectivity index (χ1n) is 6.58. The zero-order valence-corrected chi connectivity index (χ0v) is 12.1. The van der Waals surface area contributed by atoms with E-state index in [0.29, 0.717) is 22.1 Å². The van der Waals surface area contributed by atoms with Gasteiger partial charge in [0.25, 0.3) is 0 Å². The number of carbonyl (C=O) groups is 1. The molecule has 0 saturated carbocycles. The molecular weight excluding hydrogens is 290 g/mol. The number of nitrogens with one attached hydrogen (secondary N) is 1. The van der Waals surface area contributed by atoms with Gasteiger partial charge in [0.15, 0.2) is 0 Å². The van der Waals surface area contributed by atoms with Crippen LogP contribution >= 0.6 is 11.6 Å². The zero-order valence-electron chi connectivity index (χ0n) is 11.3. The van der Waals surface area contributed by atoms with Gasteiger partial charge in [0.2, 0.25) is 0 Å². The maximum Gasteiger partial charge on any atom is 0.313 e. The minimum Gasteiger partial charge on any atom is -0.481 e. The number of likely N-dealkylation sites (N-methyl/N-ethyl adjacent to an activating group) is 1. The van der Waals surface area contributed by atoms with Crippen molar-refractivity contribution < 1.29 is 14.6 Å². The fraction of sp³-hybridized carbons (Fsp3) is 0.188. The van der Waals surface area contributed by atoms with Gasteiger partial charge in [0, 0.05) is 16.1 Å². The largest absolute Gasteiger partial charge is 0.481 e. The maximum absolute atomic E-state index is 11.8. The zero-order chi connectivity index (χ0) is 15.0. The third-order valence-corrected chi connectivity index (χ3v) is 3.93. The van der Waals surface area contributed by atoms with Gasteiger partial charge in [-0.3, -0.25) is 4.79 Å². The molecule has 0 fully saturated rings. The van der Waals surface area contributed by atoms with Crippen LogP contribution in [0.25, 0.3) is 0 Å². The number of rotatable bonds is 2. The number of carboxylic acids is 1. The van der Waals surface area contributed by atoms with Crippen molar-refractivity contribution in [3.63, 3.8) is 0 Å². The summed E-state index contributed by atoms with van der Waals surface area (Å²) < 4.78 is 5.91. The Kier molecular flexibility index (Phi) is 3.57. The molecule has 0 amide bonds. The van der Waals surface area contributed by atoms with Crippen LogP contribution in [0.3, 0.4) is 0 Å². The molecule has 5 heteroatoms. The van der Waals surface area contributed by atoms with Crippen molar-refractivity contribution in [2.45, 2.75) is 12.0 Å². The molecule has 108 valence electrons. The maximum atomic E-state index is 11.8. The van der Waals surface area contributed by atoms with E-state index in [4.69, 9.17) is 16.3 Å². The molecule has 2 N–H and O–H groups in total. The van der Waals surface area contributed by atoms with E-state index in [1.807, 2.05) is 24.3 Å². The van der Waals surface area contributed by atoms with Crippen molar-refractivity contribution in [1.29, 1.82) is 0 Å². The Hall–Kier alpha value is -2.04. The SMILES string of the molecule is CNC1c2ccccc2Oc2ccc(Cl)cc2C1C(=O)O. The number of benzene rings is 2. The van der Waals surface area contributed by atoms with Crippen LogP contribution in [0.4, 0.5) is 0 Å². The first kappa shape index (κ1) is 13.9. The van der Waals surface area contributed by atoms with E-state index in [9.17, 15) is 9.90 Å². The summed E-state index contributed by atoms with van der Waals surface area (Å²) in [5.41, 5.74) is 1.39. The normalized spacial score (nSPS) is 19.9. The number of ether oxygens (including phenoxy) is 1. The summed E-state index contributed by atoms with van der Waals surface area (Å²) in [5, 5.41) is 13.3. The minimum absolute atomic E-state index is 0.390. The van der Waals surface area contributed by atoms with Crippen molar-refractivity contribution in [3.8, 4) is 11.5 Å². The van der Waals surface area contributed by atoms with Crippen LogP contribution in [0.2, 0.25) is 5.02 Å². The summed E-state index contributed by atoms with van der Waals surface area (Å²) in [7, 11) is 1.74. The first-order chi connectivity index (χ1) is 10.1. The third-order valence-electron chi connectivity index (χ3n) is 3.69. The topological polar surface area (TPSA) is 58.6 Å². The standard InChI is InChI=1S/C16H14ClNO3/c1-18-15-10-4-2-3-5-12(10)21-13-7-6-9(17)8-11(13)14(15)16(19)20/h2-8,14-15,18H,1H3,(H,19,20). The number of aliphatic carboxylic acids is 1. The molecule has 4 nitrogen and oxygen atoms in total. The van der Waals surface area contributed by atoms with E-state index < -0.39 is 17.9 Å². The fourth-order valence-corrected chi connectivity index (χ4v) is 2.94. The molecule has 0 aromatic heterocycles. The first-order valence-corrected chi connectivity index (χ1v) is 6.96. The number of para-hydroxylation sites is 1. The monoisotopic (exact) mass is 303 g/mol. The molecule has 1 aliphatic rings. The lowest BCUT2D eigenvalue weighted by atomic mass is 9.87. The molecule has 0 radical (unpaired) electrons. The molecule has 2 aromatic rings. The lowest BCUT2D eigenvalue weighted by molar-refractivity contribution is -0.139. The fourth-order valence-electron chi connectivity index (χ4n) is 2.76. The molecule has 2 aromatic carbocycles. The quantitative estimate of drug-likeness (QED) is 0.890. The molecule has 0 aliphatic carbocycles. The van der Waals surface area contributed by atoms with E-state index in [1.165, 1.54) is 0 Å². The van der Waals surface area contributed by atoms with Crippen LogP contribution < -0.4 is 10.1 Å². The van der Waals surface area contributed by atoms with Gasteiger partial charge in [0.1, 0.15) is 17.4 Å². The highest BCUT2D eigenvalue weighted by molar-refractivity contribution is 6.30. The molecule has 3 rings (SSSR count). The number of carboxylic acid groups (broad SMARTS) is 1. The van der Waals surface area contributed by atoms with Crippen LogP contribution in [0.5, 0.6) is 11.5 Å². The Balaban J connectivity index is 2.27. The summed E-state index contributed by atoms with van der Waals surface area (Å²) in [6.07, 6.45) is 0. The van der Waals surface area contributed by atoms with E-state index in [0.717, 1.165) is 5.56 Å². The van der Waals surface area contributed by atoms with Crippen LogP contribution in [-0.2, 0) is 4.79 Å². The lowest BCUT2D eigenvalue weighted by Crippen LogP contribution is -2.28. The third kappa shape index (κ3) is 2.37. The van der Waals surface area contributed by atoms with E-state index >= 15 is 0 Å². The van der Waals surface area contributed by atoms with Crippen molar-refractivity contribution in [2.75, 3.05) is 7.05 Å². The van der Waals surface area contributed by atoms with Gasteiger partial charge < -0.3 is 15.2 Å². The summed E-state index contributed by atoms with van der Waals surface area (Å²) in [5.74, 6) is -0.508. The Morgan fingerprint density at radius 1 is 1.19 bits per heavy atom. The number of halogens is 1. The summed E-state index contributed by atoms with van der Waals surface area (Å²) in [6.45, 7) is 0. The van der Waals surface area contributed by atoms with Crippen molar-refractivity contribution in [2.24, 2.45) is 0 Å². The second kappa shape index (κ2) is 5.39. The van der Waals surface area contributed by atoms with Crippen molar-refractivity contribution in [3.05, 3.63) is 58.6 Å². The van der Waals surface area contributed by atoms with Crippen molar-refractivity contribution in [1.82, 2.24) is 5.32 Å². The second-order valence-electron chi connectivity index (χ2n) is 4.90. The molecule has 0 saturated heterocycles. The highest BCUT2D eigenvalue weighted by atomic mass is 35.5. The number of fused-ring (bicyclic) bond motifs is 2. The second-order valence-corrected chi connectivity index (χ2v) is 5.34. The number of hydrogen-bond acceptors (Lipinski definition) is 3. The smallest absolute Gasteiger partial charge is 0.313 e. The van der Waals surface area contributed by atoms with Crippen LogP contribution in [0.1, 0.15) is 23.1 Å². The molecule has 0 spiro atoms. The van der Waals surface area contributed by atoms with Crippen molar-refractivity contribution >= 4 is 17.6 Å². The average molecular weight is 304 g/mol. The number of hydrogen-bond donors (Lipinski definition) is 2. The predicted molar refractivity (Wildman–Crippen MR) is 80.1 cm³/mol. The molecule has 2 unspecified atom stereocenters. The minimum atomic E-state index is -0.918. The molecular formula is C16H14ClNO3. The lowest BCUT2D eigenvalue weighted by Gasteiger charge is -2.22. The van der Waals surface area contributed by atoms with Crippen LogP contribution in [0.15, 0.2) is 42.5 Å². The average Bonchev–Trinajstić information content (AvgIpc) is 2.60. The van der Waals surface area contributed by atoms with Gasteiger partial charge in [-0.25, -0.2) is 0 Å². The predicted octanol–water partition coefficient (Wildman–Crippen LogP) is 3.57. The molecule has 2 atom stereocenters. The van der Waals surface area contributed by atoms with Gasteiger partial charge in [-0.2, -0.15) is 0 Å². The highest BCUT2D eigenvalue weighted by Gasteiger charge is 2.36. The Bertz CT molecular complexity index is 702. The molecule has 0 bridgehead atoms. The molecule has 1 heterocycles.